The Hall–Kier alpha value is -3.95. The molecule has 1 saturated heterocycles. The van der Waals surface area contributed by atoms with E-state index in [1.807, 2.05) is 6.07 Å². The van der Waals surface area contributed by atoms with Crippen molar-refractivity contribution in [3.8, 4) is 5.75 Å². The number of benzene rings is 2. The predicted molar refractivity (Wildman–Crippen MR) is 111 cm³/mol. The Kier molecular flexibility index (Phi) is 7.15. The summed E-state index contributed by atoms with van der Waals surface area (Å²) in [5.41, 5.74) is 0.178. The van der Waals surface area contributed by atoms with Crippen molar-refractivity contribution >= 4 is 29.3 Å². The molecule has 2 aromatic rings. The third-order valence-corrected chi connectivity index (χ3v) is 4.91. The number of ether oxygens (including phenoxy) is 1. The van der Waals surface area contributed by atoms with Gasteiger partial charge < -0.3 is 20.3 Å². The van der Waals surface area contributed by atoms with Gasteiger partial charge in [-0.15, -0.1) is 0 Å². The zero-order valence-electron chi connectivity index (χ0n) is 16.7. The first-order valence-corrected chi connectivity index (χ1v) is 9.78. The van der Waals surface area contributed by atoms with Crippen molar-refractivity contribution < 1.29 is 24.0 Å². The summed E-state index contributed by atoms with van der Waals surface area (Å²) < 4.78 is 5.32. The fraction of sp³-hybridized carbons (Fsp3) is 0.286. The number of para-hydroxylation sites is 1. The van der Waals surface area contributed by atoms with Crippen LogP contribution in [-0.2, 0) is 9.59 Å². The molecule has 0 saturated carbocycles. The third-order valence-electron chi connectivity index (χ3n) is 4.91. The Morgan fingerprint density at radius 2 is 1.65 bits per heavy atom. The predicted octanol–water partition coefficient (Wildman–Crippen LogP) is 2.56. The molecule has 31 heavy (non-hydrogen) atoms. The van der Waals surface area contributed by atoms with Crippen molar-refractivity contribution in [1.82, 2.24) is 10.2 Å². The Bertz CT molecular complexity index is 940. The number of carbonyl (C=O) groups excluding carboxylic acids is 3. The van der Waals surface area contributed by atoms with E-state index in [-0.39, 0.29) is 17.3 Å². The molecule has 1 aliphatic heterocycles. The maximum atomic E-state index is 12.2. The van der Waals surface area contributed by atoms with Gasteiger partial charge in [0.25, 0.3) is 5.69 Å². The number of nitrogens with zero attached hydrogens (tertiary/aromatic N) is 2. The van der Waals surface area contributed by atoms with Gasteiger partial charge in [-0.2, -0.15) is 0 Å². The van der Waals surface area contributed by atoms with Crippen LogP contribution in [0, 0.1) is 16.0 Å². The van der Waals surface area contributed by atoms with E-state index >= 15 is 0 Å². The average Bonchev–Trinajstić information content (AvgIpc) is 2.78. The number of carbonyl (C=O) groups is 3. The van der Waals surface area contributed by atoms with Crippen LogP contribution >= 0.6 is 0 Å². The summed E-state index contributed by atoms with van der Waals surface area (Å²) in [5, 5.41) is 15.6. The van der Waals surface area contributed by atoms with Crippen LogP contribution in [0.15, 0.2) is 54.6 Å². The molecule has 10 heteroatoms. The molecule has 162 valence electrons. The molecule has 10 nitrogen and oxygen atoms in total. The van der Waals surface area contributed by atoms with Crippen LogP contribution < -0.4 is 15.4 Å². The fourth-order valence-electron chi connectivity index (χ4n) is 3.15. The molecule has 0 aliphatic carbocycles. The van der Waals surface area contributed by atoms with E-state index in [1.165, 1.54) is 24.3 Å². The molecule has 1 aliphatic rings. The minimum atomic E-state index is -0.849. The summed E-state index contributed by atoms with van der Waals surface area (Å²) in [6.45, 7) is 1.32. The number of hydrogen-bond acceptors (Lipinski definition) is 6. The Balaban J connectivity index is 1.38. The first-order chi connectivity index (χ1) is 14.9. The quantitative estimate of drug-likeness (QED) is 0.429. The molecule has 0 atom stereocenters. The summed E-state index contributed by atoms with van der Waals surface area (Å²) in [4.78, 5) is 47.9. The van der Waals surface area contributed by atoms with Crippen molar-refractivity contribution in [2.75, 3.05) is 25.0 Å². The minimum absolute atomic E-state index is 0.110. The highest BCUT2D eigenvalue weighted by atomic mass is 16.6. The van der Waals surface area contributed by atoms with Gasteiger partial charge in [0.05, 0.1) is 4.92 Å². The largest absolute Gasteiger partial charge is 0.415 e. The van der Waals surface area contributed by atoms with Gasteiger partial charge in [-0.1, -0.05) is 18.2 Å². The van der Waals surface area contributed by atoms with Gasteiger partial charge in [0.15, 0.2) is 0 Å². The minimum Gasteiger partial charge on any atom is -0.410 e. The monoisotopic (exact) mass is 426 g/mol. The third kappa shape index (κ3) is 6.26. The van der Waals surface area contributed by atoms with Gasteiger partial charge in [0, 0.05) is 37.5 Å². The van der Waals surface area contributed by atoms with Crippen LogP contribution in [0.25, 0.3) is 0 Å². The van der Waals surface area contributed by atoms with Crippen molar-refractivity contribution in [2.45, 2.75) is 12.8 Å². The van der Waals surface area contributed by atoms with Crippen molar-refractivity contribution in [2.24, 2.45) is 5.92 Å². The second-order valence-electron chi connectivity index (χ2n) is 7.08. The lowest BCUT2D eigenvalue weighted by Gasteiger charge is -2.31. The van der Waals surface area contributed by atoms with Crippen LogP contribution in [0.4, 0.5) is 16.2 Å². The topological polar surface area (TPSA) is 131 Å². The molecule has 1 fully saturated rings. The van der Waals surface area contributed by atoms with Crippen LogP contribution in [0.2, 0.25) is 0 Å². The number of hydrogen-bond donors (Lipinski definition) is 2. The molecule has 3 rings (SSSR count). The molecule has 2 N–H and O–H groups in total. The zero-order chi connectivity index (χ0) is 22.2. The van der Waals surface area contributed by atoms with Crippen LogP contribution in [0.1, 0.15) is 12.8 Å². The molecule has 0 aromatic heterocycles. The normalized spacial score (nSPS) is 13.9. The number of nitro benzene ring substituents is 1. The maximum Gasteiger partial charge on any atom is 0.415 e. The Morgan fingerprint density at radius 3 is 2.26 bits per heavy atom. The number of non-ortho nitro benzene ring substituents is 1. The summed E-state index contributed by atoms with van der Waals surface area (Å²) in [6.07, 6.45) is 0.943. The van der Waals surface area contributed by atoms with Crippen molar-refractivity contribution in [1.29, 1.82) is 0 Å². The molecule has 2 aromatic carbocycles. The number of nitrogens with one attached hydrogen (secondary N) is 2. The van der Waals surface area contributed by atoms with Crippen LogP contribution in [-0.4, -0.2) is 47.4 Å². The van der Waals surface area contributed by atoms with E-state index in [9.17, 15) is 24.5 Å². The average molecular weight is 426 g/mol. The number of rotatable bonds is 5. The van der Waals surface area contributed by atoms with E-state index in [0.29, 0.717) is 38.2 Å². The van der Waals surface area contributed by atoms with E-state index in [0.717, 1.165) is 0 Å². The Morgan fingerprint density at radius 1 is 1.00 bits per heavy atom. The number of piperidine rings is 1. The highest BCUT2D eigenvalue weighted by Crippen LogP contribution is 2.19. The maximum absolute atomic E-state index is 12.2. The molecular weight excluding hydrogens is 404 g/mol. The molecule has 3 amide bonds. The van der Waals surface area contributed by atoms with Crippen LogP contribution in [0.5, 0.6) is 5.75 Å². The zero-order valence-corrected chi connectivity index (χ0v) is 16.7. The van der Waals surface area contributed by atoms with Gasteiger partial charge in [0.1, 0.15) is 5.75 Å². The van der Waals surface area contributed by atoms with Crippen molar-refractivity contribution in [3.05, 3.63) is 64.7 Å². The fourth-order valence-corrected chi connectivity index (χ4v) is 3.15. The Labute approximate surface area is 178 Å². The highest BCUT2D eigenvalue weighted by molar-refractivity contribution is 6.39. The van der Waals surface area contributed by atoms with E-state index in [2.05, 4.69) is 10.6 Å². The highest BCUT2D eigenvalue weighted by Gasteiger charge is 2.25. The van der Waals surface area contributed by atoms with Crippen LogP contribution in [0.3, 0.4) is 0 Å². The molecule has 0 bridgehead atoms. The standard InChI is InChI=1S/C21H22N4O6/c26-19(20(27)23-16-6-8-17(9-7-16)25(29)30)22-14-15-10-12-24(13-11-15)21(28)31-18-4-2-1-3-5-18/h1-9,15H,10-14H2,(H,22,26)(H,23,27). The molecule has 0 unspecified atom stereocenters. The summed E-state index contributed by atoms with van der Waals surface area (Å²) in [6, 6.07) is 14.0. The first-order valence-electron chi connectivity index (χ1n) is 9.78. The summed E-state index contributed by atoms with van der Waals surface area (Å²) in [7, 11) is 0. The number of amides is 3. The van der Waals surface area contributed by atoms with Gasteiger partial charge in [0.2, 0.25) is 0 Å². The lowest BCUT2D eigenvalue weighted by molar-refractivity contribution is -0.384. The summed E-state index contributed by atoms with van der Waals surface area (Å²) >= 11 is 0. The molecule has 1 heterocycles. The molecule has 0 radical (unpaired) electrons. The van der Waals surface area contributed by atoms with E-state index in [1.54, 1.807) is 29.2 Å². The smallest absolute Gasteiger partial charge is 0.410 e. The molecular formula is C21H22N4O6. The number of nitro groups is 1. The first kappa shape index (κ1) is 21.8. The number of anilines is 1. The van der Waals surface area contributed by atoms with Gasteiger partial charge in [-0.05, 0) is 43.0 Å². The second-order valence-corrected chi connectivity index (χ2v) is 7.08. The summed E-state index contributed by atoms with van der Waals surface area (Å²) in [5.74, 6) is -1.01. The van der Waals surface area contributed by atoms with Gasteiger partial charge >= 0.3 is 17.9 Å². The van der Waals surface area contributed by atoms with E-state index < -0.39 is 22.8 Å². The lowest BCUT2D eigenvalue weighted by atomic mass is 9.97. The van der Waals surface area contributed by atoms with Gasteiger partial charge in [-0.3, -0.25) is 19.7 Å². The van der Waals surface area contributed by atoms with Gasteiger partial charge in [-0.25, -0.2) is 4.79 Å². The second kappa shape index (κ2) is 10.2. The number of likely N-dealkylation sites (tertiary alicyclic amines) is 1. The van der Waals surface area contributed by atoms with Crippen molar-refractivity contribution in [3.63, 3.8) is 0 Å². The van der Waals surface area contributed by atoms with E-state index in [4.69, 9.17) is 4.74 Å². The SMILES string of the molecule is O=C(NCC1CCN(C(=O)Oc2ccccc2)CC1)C(=O)Nc1ccc([N+](=O)[O-])cc1. The molecule has 0 spiro atoms. The lowest BCUT2D eigenvalue weighted by Crippen LogP contribution is -2.44.